The Morgan fingerprint density at radius 1 is 1.24 bits per heavy atom. The van der Waals surface area contributed by atoms with Gasteiger partial charge in [0.05, 0.1) is 5.69 Å². The second kappa shape index (κ2) is 7.28. The average Bonchev–Trinajstić information content (AvgIpc) is 3.00. The Labute approximate surface area is 161 Å². The third-order valence-corrected chi connectivity index (χ3v) is 5.29. The molecule has 0 bridgehead atoms. The van der Waals surface area contributed by atoms with Crippen LogP contribution in [-0.2, 0) is 4.79 Å². The Balaban J connectivity index is 2.10. The molecule has 2 N–H and O–H groups in total. The topological polar surface area (TPSA) is 92.2 Å². The van der Waals surface area contributed by atoms with Crippen LogP contribution in [0.5, 0.6) is 0 Å². The monoisotopic (exact) mass is 465 g/mol. The van der Waals surface area contributed by atoms with Crippen molar-refractivity contribution in [3.63, 3.8) is 0 Å². The first-order valence-electron chi connectivity index (χ1n) is 7.18. The average molecular weight is 465 g/mol. The number of carbonyl (C=O) groups is 2. The van der Waals surface area contributed by atoms with Crippen molar-refractivity contribution < 1.29 is 14.7 Å². The van der Waals surface area contributed by atoms with Crippen molar-refractivity contribution in [2.24, 2.45) is 0 Å². The molecule has 0 aliphatic heterocycles. The molecule has 0 aliphatic carbocycles. The summed E-state index contributed by atoms with van der Waals surface area (Å²) in [6.07, 6.45) is 1.55. The van der Waals surface area contributed by atoms with E-state index in [9.17, 15) is 14.7 Å². The molecule has 0 fully saturated rings. The largest absolute Gasteiger partial charge is 0.477 e. The zero-order valence-electron chi connectivity index (χ0n) is 13.0. The molecule has 6 nitrogen and oxygen atoms in total. The number of rotatable bonds is 4. The number of pyridine rings is 1. The summed E-state index contributed by atoms with van der Waals surface area (Å²) < 4.78 is 0.924. The molecule has 0 atom stereocenters. The highest BCUT2D eigenvalue weighted by atomic mass is 127. The Hall–Kier alpha value is -2.33. The Morgan fingerprint density at radius 2 is 2.00 bits per heavy atom. The summed E-state index contributed by atoms with van der Waals surface area (Å²) in [7, 11) is 0. The molecule has 8 heteroatoms. The molecule has 126 valence electrons. The summed E-state index contributed by atoms with van der Waals surface area (Å²) in [5.74, 6) is -0.850. The van der Waals surface area contributed by atoms with Gasteiger partial charge in [0, 0.05) is 27.8 Å². The van der Waals surface area contributed by atoms with E-state index in [0.717, 1.165) is 20.5 Å². The molecule has 2 aromatic heterocycles. The van der Waals surface area contributed by atoms with Crippen LogP contribution in [0.3, 0.4) is 0 Å². The number of carboxylic acid groups (broad SMARTS) is 1. The van der Waals surface area contributed by atoms with Gasteiger partial charge in [0.2, 0.25) is 5.91 Å². The zero-order chi connectivity index (χ0) is 18.0. The minimum Gasteiger partial charge on any atom is -0.477 e. The minimum absolute atomic E-state index is 0.178. The van der Waals surface area contributed by atoms with Crippen molar-refractivity contribution >= 4 is 51.6 Å². The molecule has 0 radical (unpaired) electrons. The van der Waals surface area contributed by atoms with E-state index in [-0.39, 0.29) is 10.8 Å². The fourth-order valence-corrected chi connectivity index (χ4v) is 3.79. The van der Waals surface area contributed by atoms with E-state index in [2.05, 4.69) is 37.9 Å². The van der Waals surface area contributed by atoms with Gasteiger partial charge in [0.1, 0.15) is 15.7 Å². The predicted molar refractivity (Wildman–Crippen MR) is 105 cm³/mol. The van der Waals surface area contributed by atoms with Crippen molar-refractivity contribution in [1.82, 2.24) is 9.97 Å². The molecule has 2 heterocycles. The number of hydrogen-bond donors (Lipinski definition) is 2. The van der Waals surface area contributed by atoms with E-state index in [4.69, 9.17) is 0 Å². The number of amides is 1. The summed E-state index contributed by atoms with van der Waals surface area (Å²) in [4.78, 5) is 31.6. The van der Waals surface area contributed by atoms with Gasteiger partial charge in [-0.2, -0.15) is 0 Å². The van der Waals surface area contributed by atoms with Gasteiger partial charge in [-0.3, -0.25) is 4.79 Å². The Kier molecular flexibility index (Phi) is 5.09. The van der Waals surface area contributed by atoms with Crippen LogP contribution in [0.1, 0.15) is 16.6 Å². The molecular weight excluding hydrogens is 453 g/mol. The number of benzene rings is 1. The third kappa shape index (κ3) is 3.85. The second-order valence-electron chi connectivity index (χ2n) is 5.09. The van der Waals surface area contributed by atoms with Crippen molar-refractivity contribution in [3.05, 3.63) is 51.0 Å². The number of nitrogens with one attached hydrogen (secondary N) is 1. The van der Waals surface area contributed by atoms with E-state index in [1.165, 1.54) is 6.92 Å². The fourth-order valence-electron chi connectivity index (χ4n) is 2.24. The number of anilines is 1. The molecule has 0 saturated heterocycles. The van der Waals surface area contributed by atoms with Crippen LogP contribution in [0, 0.1) is 3.57 Å². The van der Waals surface area contributed by atoms with Crippen molar-refractivity contribution in [3.8, 4) is 21.8 Å². The van der Waals surface area contributed by atoms with Gasteiger partial charge in [-0.1, -0.05) is 18.2 Å². The van der Waals surface area contributed by atoms with Gasteiger partial charge >= 0.3 is 5.97 Å². The molecule has 25 heavy (non-hydrogen) atoms. The summed E-state index contributed by atoms with van der Waals surface area (Å²) in [5, 5.41) is 12.7. The van der Waals surface area contributed by atoms with Gasteiger partial charge in [0.15, 0.2) is 0 Å². The molecule has 0 spiro atoms. The molecule has 0 saturated carbocycles. The summed E-state index contributed by atoms with van der Waals surface area (Å²) in [6.45, 7) is 1.40. The van der Waals surface area contributed by atoms with E-state index >= 15 is 0 Å². The number of nitrogens with zero attached hydrogens (tertiary/aromatic N) is 2. The van der Waals surface area contributed by atoms with Crippen molar-refractivity contribution in [1.29, 1.82) is 0 Å². The Bertz CT molecular complexity index is 971. The lowest BCUT2D eigenvalue weighted by Gasteiger charge is -2.03. The van der Waals surface area contributed by atoms with Gasteiger partial charge in [-0.25, -0.2) is 14.8 Å². The van der Waals surface area contributed by atoms with Crippen LogP contribution >= 0.6 is 33.9 Å². The predicted octanol–water partition coefficient (Wildman–Crippen LogP) is 4.13. The second-order valence-corrected chi connectivity index (χ2v) is 7.25. The number of halogens is 1. The summed E-state index contributed by atoms with van der Waals surface area (Å²) >= 11 is 3.26. The number of aromatic carboxylic acids is 1. The van der Waals surface area contributed by atoms with Crippen molar-refractivity contribution in [2.75, 3.05) is 5.32 Å². The summed E-state index contributed by atoms with van der Waals surface area (Å²) in [5.41, 5.74) is 1.91. The smallest absolute Gasteiger partial charge is 0.348 e. The number of thiazole rings is 1. The number of hydrogen-bond acceptors (Lipinski definition) is 5. The molecule has 0 unspecified atom stereocenters. The quantitative estimate of drug-likeness (QED) is 0.566. The van der Waals surface area contributed by atoms with Crippen LogP contribution in [0.15, 0.2) is 42.6 Å². The lowest BCUT2D eigenvalue weighted by atomic mass is 10.1. The van der Waals surface area contributed by atoms with Gasteiger partial charge in [0.25, 0.3) is 0 Å². The maximum atomic E-state index is 11.7. The standard InChI is InChI=1S/C17H12IN3O3S/c1-9(22)20-13-8-10(6-7-19-13)16-21-14(15(25-16)17(23)24)11-4-2-3-5-12(11)18/h2-8H,1H3,(H,23,24)(H,19,20,22). The highest BCUT2D eigenvalue weighted by molar-refractivity contribution is 14.1. The number of aromatic nitrogens is 2. The van der Waals surface area contributed by atoms with Gasteiger partial charge in [-0.05, 0) is 40.8 Å². The molecule has 1 aromatic carbocycles. The first-order chi connectivity index (χ1) is 12.0. The van der Waals surface area contributed by atoms with Gasteiger partial charge < -0.3 is 10.4 Å². The normalized spacial score (nSPS) is 10.5. The van der Waals surface area contributed by atoms with Crippen molar-refractivity contribution in [2.45, 2.75) is 6.92 Å². The van der Waals surface area contributed by atoms with Crippen LogP contribution < -0.4 is 5.32 Å². The van der Waals surface area contributed by atoms with E-state index in [1.54, 1.807) is 18.3 Å². The SMILES string of the molecule is CC(=O)Nc1cc(-c2nc(-c3ccccc3I)c(C(=O)O)s2)ccn1. The fraction of sp³-hybridized carbons (Fsp3) is 0.0588. The number of carbonyl (C=O) groups excluding carboxylic acids is 1. The third-order valence-electron chi connectivity index (χ3n) is 3.26. The molecule has 3 aromatic rings. The first-order valence-corrected chi connectivity index (χ1v) is 9.08. The van der Waals surface area contributed by atoms with E-state index in [0.29, 0.717) is 22.1 Å². The molecule has 3 rings (SSSR count). The molecule has 0 aliphatic rings. The van der Waals surface area contributed by atoms with Crippen LogP contribution in [0.4, 0.5) is 5.82 Å². The highest BCUT2D eigenvalue weighted by Gasteiger charge is 2.21. The van der Waals surface area contributed by atoms with Crippen LogP contribution in [0.25, 0.3) is 21.8 Å². The lowest BCUT2D eigenvalue weighted by Crippen LogP contribution is -2.07. The minimum atomic E-state index is -1.02. The number of carboxylic acids is 1. The van der Waals surface area contributed by atoms with Crippen LogP contribution in [-0.4, -0.2) is 27.0 Å². The lowest BCUT2D eigenvalue weighted by molar-refractivity contribution is -0.114. The zero-order valence-corrected chi connectivity index (χ0v) is 16.0. The van der Waals surface area contributed by atoms with Gasteiger partial charge in [-0.15, -0.1) is 11.3 Å². The Morgan fingerprint density at radius 3 is 2.68 bits per heavy atom. The first kappa shape index (κ1) is 17.5. The maximum absolute atomic E-state index is 11.7. The maximum Gasteiger partial charge on any atom is 0.348 e. The molecular formula is C17H12IN3O3S. The van der Waals surface area contributed by atoms with Crippen LogP contribution in [0.2, 0.25) is 0 Å². The van der Waals surface area contributed by atoms with E-state index < -0.39 is 5.97 Å². The van der Waals surface area contributed by atoms with E-state index in [1.807, 2.05) is 24.3 Å². The molecule has 1 amide bonds. The highest BCUT2D eigenvalue weighted by Crippen LogP contribution is 2.36. The summed E-state index contributed by atoms with van der Waals surface area (Å²) in [6, 6.07) is 10.9.